The summed E-state index contributed by atoms with van der Waals surface area (Å²) < 4.78 is 12.0. The molecule has 2 heteroatoms. The largest absolute Gasteiger partial charge is 0.344 e. The minimum Gasteiger partial charge on any atom is -0.344 e. The van der Waals surface area contributed by atoms with Crippen LogP contribution in [0.15, 0.2) is 11.6 Å². The maximum absolute atomic E-state index is 6.00. The first-order chi connectivity index (χ1) is 11.0. The fourth-order valence-corrected chi connectivity index (χ4v) is 7.37. The van der Waals surface area contributed by atoms with E-state index in [9.17, 15) is 0 Å². The zero-order valence-corrected chi connectivity index (χ0v) is 14.9. The van der Waals surface area contributed by atoms with E-state index in [4.69, 9.17) is 9.47 Å². The summed E-state index contributed by atoms with van der Waals surface area (Å²) in [6.07, 6.45) is 14.9. The maximum Gasteiger partial charge on any atom is 0.188 e. The molecule has 0 unspecified atom stereocenters. The van der Waals surface area contributed by atoms with Gasteiger partial charge < -0.3 is 9.47 Å². The number of ether oxygens (including phenoxy) is 2. The first kappa shape index (κ1) is 15.0. The second kappa shape index (κ2) is 4.85. The van der Waals surface area contributed by atoms with E-state index in [2.05, 4.69) is 19.9 Å². The lowest BCUT2D eigenvalue weighted by atomic mass is 9.47. The molecule has 1 heterocycles. The van der Waals surface area contributed by atoms with Gasteiger partial charge in [0.25, 0.3) is 0 Å². The van der Waals surface area contributed by atoms with Gasteiger partial charge >= 0.3 is 0 Å². The smallest absolute Gasteiger partial charge is 0.188 e. The molecule has 5 aliphatic rings. The van der Waals surface area contributed by atoms with Gasteiger partial charge in [-0.3, -0.25) is 0 Å². The number of rotatable bonds is 0. The highest BCUT2D eigenvalue weighted by atomic mass is 16.7. The lowest BCUT2D eigenvalue weighted by molar-refractivity contribution is -0.143. The monoisotopic (exact) mass is 316 g/mol. The average molecular weight is 316 g/mol. The predicted octanol–water partition coefficient (Wildman–Crippen LogP) is 5.08. The second-order valence-electron chi connectivity index (χ2n) is 9.60. The first-order valence-electron chi connectivity index (χ1n) is 10.0. The van der Waals surface area contributed by atoms with Gasteiger partial charge in [-0.05, 0) is 79.6 Å². The Morgan fingerprint density at radius 3 is 2.57 bits per heavy atom. The second-order valence-corrected chi connectivity index (χ2v) is 9.60. The molecule has 4 fully saturated rings. The Hall–Kier alpha value is -0.340. The molecule has 4 aliphatic carbocycles. The zero-order valence-electron chi connectivity index (χ0n) is 14.9. The molecule has 0 radical (unpaired) electrons. The molecule has 0 aromatic rings. The van der Waals surface area contributed by atoms with Crippen LogP contribution in [0.25, 0.3) is 0 Å². The van der Waals surface area contributed by atoms with Crippen LogP contribution in [0.4, 0.5) is 0 Å². The van der Waals surface area contributed by atoms with Crippen molar-refractivity contribution < 1.29 is 9.47 Å². The van der Waals surface area contributed by atoms with Crippen LogP contribution >= 0.6 is 0 Å². The molecule has 0 aromatic carbocycles. The van der Waals surface area contributed by atoms with Gasteiger partial charge in [0.15, 0.2) is 5.79 Å². The summed E-state index contributed by atoms with van der Waals surface area (Å²) in [7, 11) is 0. The number of hydrogen-bond acceptors (Lipinski definition) is 2. The number of allylic oxidation sites excluding steroid dienone is 1. The standard InChI is InChI=1S/C21H32O2/c1-19-8-3-4-17(19)16-6-5-15-14-21(22-12-13-23-21)11-10-20(15,2)18(16)7-9-19/h14,16-18H,3-13H2,1-2H3/t16-,17-,18-,19-,20-/m0/s1. The molecule has 0 amide bonds. The van der Waals surface area contributed by atoms with Crippen LogP contribution in [0.1, 0.15) is 71.6 Å². The first-order valence-corrected chi connectivity index (χ1v) is 10.0. The van der Waals surface area contributed by atoms with Crippen molar-refractivity contribution in [1.82, 2.24) is 0 Å². The molecule has 1 saturated heterocycles. The van der Waals surface area contributed by atoms with E-state index in [0.717, 1.165) is 37.4 Å². The Morgan fingerprint density at radius 1 is 0.913 bits per heavy atom. The van der Waals surface area contributed by atoms with Crippen molar-refractivity contribution in [2.75, 3.05) is 13.2 Å². The Labute approximate surface area is 141 Å². The van der Waals surface area contributed by atoms with Crippen molar-refractivity contribution in [3.05, 3.63) is 11.6 Å². The van der Waals surface area contributed by atoms with Gasteiger partial charge in [-0.25, -0.2) is 0 Å². The molecular formula is C21H32O2. The fourth-order valence-electron chi connectivity index (χ4n) is 7.37. The molecule has 0 aromatic heterocycles. The summed E-state index contributed by atoms with van der Waals surface area (Å²) in [6.45, 7) is 6.72. The van der Waals surface area contributed by atoms with E-state index in [0.29, 0.717) is 10.8 Å². The minimum absolute atomic E-state index is 0.349. The molecule has 2 nitrogen and oxygen atoms in total. The number of fused-ring (bicyclic) bond motifs is 5. The summed E-state index contributed by atoms with van der Waals surface area (Å²) in [5.41, 5.74) is 2.77. The summed E-state index contributed by atoms with van der Waals surface area (Å²) in [5, 5.41) is 0. The van der Waals surface area contributed by atoms with E-state index in [-0.39, 0.29) is 5.79 Å². The summed E-state index contributed by atoms with van der Waals surface area (Å²) in [5.74, 6) is 2.56. The summed E-state index contributed by atoms with van der Waals surface area (Å²) in [4.78, 5) is 0. The summed E-state index contributed by atoms with van der Waals surface area (Å²) in [6, 6.07) is 0. The van der Waals surface area contributed by atoms with Gasteiger partial charge in [0.2, 0.25) is 0 Å². The zero-order chi connectivity index (χ0) is 15.7. The highest BCUT2D eigenvalue weighted by Crippen LogP contribution is 2.66. The normalized spacial score (nSPS) is 51.0. The fraction of sp³-hybridized carbons (Fsp3) is 0.905. The predicted molar refractivity (Wildman–Crippen MR) is 91.0 cm³/mol. The van der Waals surface area contributed by atoms with Crippen LogP contribution < -0.4 is 0 Å². The third-order valence-electron chi connectivity index (χ3n) is 8.68. The topological polar surface area (TPSA) is 18.5 Å². The van der Waals surface area contributed by atoms with Gasteiger partial charge in [-0.15, -0.1) is 0 Å². The molecule has 1 spiro atoms. The minimum atomic E-state index is -0.349. The van der Waals surface area contributed by atoms with Crippen LogP contribution in [0.3, 0.4) is 0 Å². The molecule has 0 bridgehead atoms. The van der Waals surface area contributed by atoms with Crippen molar-refractivity contribution >= 4 is 0 Å². The van der Waals surface area contributed by atoms with Gasteiger partial charge in [0, 0.05) is 6.42 Å². The third kappa shape index (κ3) is 2.00. The highest BCUT2D eigenvalue weighted by Gasteiger charge is 2.57. The van der Waals surface area contributed by atoms with Crippen LogP contribution in [0.2, 0.25) is 0 Å². The van der Waals surface area contributed by atoms with Crippen molar-refractivity contribution in [3.63, 3.8) is 0 Å². The number of hydrogen-bond donors (Lipinski definition) is 0. The van der Waals surface area contributed by atoms with Gasteiger partial charge in [0.1, 0.15) is 0 Å². The Kier molecular flexibility index (Phi) is 3.15. The van der Waals surface area contributed by atoms with Crippen molar-refractivity contribution in [2.45, 2.75) is 77.4 Å². The van der Waals surface area contributed by atoms with E-state index >= 15 is 0 Å². The molecule has 128 valence electrons. The molecule has 3 saturated carbocycles. The molecule has 5 rings (SSSR count). The van der Waals surface area contributed by atoms with Gasteiger partial charge in [-0.2, -0.15) is 0 Å². The van der Waals surface area contributed by atoms with Crippen molar-refractivity contribution in [3.8, 4) is 0 Å². The highest BCUT2D eigenvalue weighted by molar-refractivity contribution is 5.27. The van der Waals surface area contributed by atoms with Crippen molar-refractivity contribution in [1.29, 1.82) is 0 Å². The SMILES string of the molecule is C[C@@]12CCC[C@H]1[C@@H]1CCC3=CC4(CC[C@]3(C)[C@H]1CC2)OCCO4. The van der Waals surface area contributed by atoms with Crippen molar-refractivity contribution in [2.24, 2.45) is 28.6 Å². The average Bonchev–Trinajstić information content (AvgIpc) is 3.15. The summed E-state index contributed by atoms with van der Waals surface area (Å²) >= 11 is 0. The molecule has 0 N–H and O–H groups in total. The van der Waals surface area contributed by atoms with Crippen LogP contribution in [0.5, 0.6) is 0 Å². The Balaban J connectivity index is 1.48. The van der Waals surface area contributed by atoms with E-state index in [1.54, 1.807) is 5.57 Å². The lowest BCUT2D eigenvalue weighted by Gasteiger charge is -2.58. The van der Waals surface area contributed by atoms with E-state index < -0.39 is 0 Å². The quantitative estimate of drug-likeness (QED) is 0.580. The van der Waals surface area contributed by atoms with Crippen LogP contribution in [-0.4, -0.2) is 19.0 Å². The third-order valence-corrected chi connectivity index (χ3v) is 8.68. The van der Waals surface area contributed by atoms with E-state index in [1.807, 2.05) is 0 Å². The Bertz CT molecular complexity index is 532. The lowest BCUT2D eigenvalue weighted by Crippen LogP contribution is -2.51. The van der Waals surface area contributed by atoms with Gasteiger partial charge in [0.05, 0.1) is 13.2 Å². The van der Waals surface area contributed by atoms with Gasteiger partial charge in [-0.1, -0.05) is 25.8 Å². The maximum atomic E-state index is 6.00. The van der Waals surface area contributed by atoms with Crippen LogP contribution in [-0.2, 0) is 9.47 Å². The molecule has 1 aliphatic heterocycles. The Morgan fingerprint density at radius 2 is 1.74 bits per heavy atom. The molecule has 5 atom stereocenters. The van der Waals surface area contributed by atoms with E-state index in [1.165, 1.54) is 51.4 Å². The van der Waals surface area contributed by atoms with Crippen LogP contribution in [0, 0.1) is 28.6 Å². The molecular weight excluding hydrogens is 284 g/mol. The molecule has 23 heavy (non-hydrogen) atoms.